The van der Waals surface area contributed by atoms with E-state index in [9.17, 15) is 17.6 Å². The first-order chi connectivity index (χ1) is 11.8. The maximum atomic E-state index is 14.5. The van der Waals surface area contributed by atoms with E-state index in [4.69, 9.17) is 0 Å². The van der Waals surface area contributed by atoms with Gasteiger partial charge >= 0.3 is 6.18 Å². The highest BCUT2D eigenvalue weighted by Crippen LogP contribution is 2.38. The molecule has 3 aromatic carbocycles. The van der Waals surface area contributed by atoms with Crippen molar-refractivity contribution >= 4 is 0 Å². The second-order valence-corrected chi connectivity index (χ2v) is 6.06. The Balaban J connectivity index is 2.02. The van der Waals surface area contributed by atoms with Crippen LogP contribution in [0.15, 0.2) is 60.7 Å². The molecule has 0 aliphatic rings. The predicted octanol–water partition coefficient (Wildman–Crippen LogP) is 6.80. The fourth-order valence-electron chi connectivity index (χ4n) is 2.83. The van der Waals surface area contributed by atoms with E-state index in [1.54, 1.807) is 24.3 Å². The van der Waals surface area contributed by atoms with E-state index in [1.807, 2.05) is 31.2 Å². The summed E-state index contributed by atoms with van der Waals surface area (Å²) in [6, 6.07) is 17.5. The van der Waals surface area contributed by atoms with Crippen molar-refractivity contribution in [1.29, 1.82) is 0 Å². The molecule has 25 heavy (non-hydrogen) atoms. The molecule has 0 saturated heterocycles. The summed E-state index contributed by atoms with van der Waals surface area (Å²) in [6.45, 7) is 3.25. The van der Waals surface area contributed by atoms with Crippen molar-refractivity contribution in [3.63, 3.8) is 0 Å². The molecular formula is C21H16F4. The molecule has 0 bridgehead atoms. The van der Waals surface area contributed by atoms with E-state index in [0.29, 0.717) is 5.56 Å². The number of rotatable bonds is 2. The highest BCUT2D eigenvalue weighted by atomic mass is 19.4. The molecule has 0 nitrogen and oxygen atoms in total. The van der Waals surface area contributed by atoms with E-state index in [-0.39, 0.29) is 11.1 Å². The zero-order valence-electron chi connectivity index (χ0n) is 13.8. The molecule has 0 atom stereocenters. The Kier molecular flexibility index (Phi) is 4.38. The quantitative estimate of drug-likeness (QED) is 0.449. The smallest absolute Gasteiger partial charge is 0.206 e. The summed E-state index contributed by atoms with van der Waals surface area (Å²) in [5.74, 6) is -1.23. The molecule has 0 saturated carbocycles. The van der Waals surface area contributed by atoms with E-state index in [1.165, 1.54) is 19.1 Å². The van der Waals surface area contributed by atoms with Crippen molar-refractivity contribution in [1.82, 2.24) is 0 Å². The van der Waals surface area contributed by atoms with Crippen LogP contribution in [0.2, 0.25) is 0 Å². The number of halogens is 4. The molecule has 0 aliphatic carbocycles. The fraction of sp³-hybridized carbons (Fsp3) is 0.143. The lowest BCUT2D eigenvalue weighted by atomic mass is 9.96. The third-order valence-corrected chi connectivity index (χ3v) is 4.21. The molecule has 0 heterocycles. The van der Waals surface area contributed by atoms with Gasteiger partial charge in [-0.1, -0.05) is 66.2 Å². The minimum absolute atomic E-state index is 0.0478. The van der Waals surface area contributed by atoms with Crippen molar-refractivity contribution in [3.8, 4) is 22.3 Å². The van der Waals surface area contributed by atoms with Crippen LogP contribution in [0.1, 0.15) is 16.7 Å². The third-order valence-electron chi connectivity index (χ3n) is 4.21. The van der Waals surface area contributed by atoms with Crippen LogP contribution in [-0.4, -0.2) is 0 Å². The van der Waals surface area contributed by atoms with Crippen molar-refractivity contribution in [2.24, 2.45) is 0 Å². The molecule has 0 aromatic heterocycles. The number of benzene rings is 3. The number of aryl methyl sites for hydroxylation is 2. The second-order valence-electron chi connectivity index (χ2n) is 6.06. The van der Waals surface area contributed by atoms with Crippen LogP contribution in [0.3, 0.4) is 0 Å². The van der Waals surface area contributed by atoms with Crippen LogP contribution in [0.25, 0.3) is 22.3 Å². The van der Waals surface area contributed by atoms with Gasteiger partial charge in [0, 0.05) is 5.56 Å². The highest BCUT2D eigenvalue weighted by molar-refractivity contribution is 5.71. The van der Waals surface area contributed by atoms with Gasteiger partial charge in [0.1, 0.15) is 5.82 Å². The maximum Gasteiger partial charge on any atom is 0.419 e. The van der Waals surface area contributed by atoms with Gasteiger partial charge in [0.15, 0.2) is 0 Å². The molecule has 0 fully saturated rings. The van der Waals surface area contributed by atoms with Gasteiger partial charge in [-0.15, -0.1) is 0 Å². The van der Waals surface area contributed by atoms with Gasteiger partial charge in [0.05, 0.1) is 5.56 Å². The van der Waals surface area contributed by atoms with Gasteiger partial charge in [-0.25, -0.2) is 4.39 Å². The van der Waals surface area contributed by atoms with Crippen molar-refractivity contribution in [3.05, 3.63) is 83.2 Å². The fourth-order valence-corrected chi connectivity index (χ4v) is 2.83. The molecule has 3 rings (SSSR count). The van der Waals surface area contributed by atoms with Crippen LogP contribution >= 0.6 is 0 Å². The Hall–Kier alpha value is -2.62. The summed E-state index contributed by atoms with van der Waals surface area (Å²) in [6.07, 6.45) is -4.72. The van der Waals surface area contributed by atoms with E-state index in [0.717, 1.165) is 16.7 Å². The van der Waals surface area contributed by atoms with Gasteiger partial charge in [0.25, 0.3) is 0 Å². The molecule has 0 unspecified atom stereocenters. The maximum absolute atomic E-state index is 14.5. The van der Waals surface area contributed by atoms with Gasteiger partial charge in [0.2, 0.25) is 0 Å². The highest BCUT2D eigenvalue weighted by Gasteiger charge is 2.36. The first-order valence-corrected chi connectivity index (χ1v) is 7.81. The Labute approximate surface area is 143 Å². The van der Waals surface area contributed by atoms with Gasteiger partial charge < -0.3 is 0 Å². The van der Waals surface area contributed by atoms with E-state index >= 15 is 0 Å². The Morgan fingerprint density at radius 1 is 0.640 bits per heavy atom. The average Bonchev–Trinajstić information content (AvgIpc) is 2.55. The third kappa shape index (κ3) is 3.43. The normalized spacial score (nSPS) is 11.6. The number of alkyl halides is 3. The van der Waals surface area contributed by atoms with Crippen LogP contribution in [0.4, 0.5) is 17.6 Å². The lowest BCUT2D eigenvalue weighted by Crippen LogP contribution is -2.11. The summed E-state index contributed by atoms with van der Waals surface area (Å²) in [7, 11) is 0. The number of hydrogen-bond donors (Lipinski definition) is 0. The monoisotopic (exact) mass is 344 g/mol. The first kappa shape index (κ1) is 17.2. The standard InChI is InChI=1S/C21H16F4/c1-13-3-6-15(7-4-13)16-8-10-17(11-9-16)18-12-5-14(2)19(20(18)22)21(23,24)25/h3-12H,1-2H3. The van der Waals surface area contributed by atoms with Crippen LogP contribution in [0, 0.1) is 19.7 Å². The first-order valence-electron chi connectivity index (χ1n) is 7.81. The minimum Gasteiger partial charge on any atom is -0.206 e. The van der Waals surface area contributed by atoms with Crippen molar-refractivity contribution < 1.29 is 17.6 Å². The second kappa shape index (κ2) is 6.36. The Morgan fingerprint density at radius 2 is 1.12 bits per heavy atom. The van der Waals surface area contributed by atoms with Crippen LogP contribution in [0.5, 0.6) is 0 Å². The van der Waals surface area contributed by atoms with Gasteiger partial charge in [-0.05, 0) is 36.1 Å². The van der Waals surface area contributed by atoms with Gasteiger partial charge in [-0.2, -0.15) is 13.2 Å². The Bertz CT molecular complexity index is 889. The van der Waals surface area contributed by atoms with Crippen molar-refractivity contribution in [2.45, 2.75) is 20.0 Å². The van der Waals surface area contributed by atoms with E-state index in [2.05, 4.69) is 0 Å². The van der Waals surface area contributed by atoms with Gasteiger partial charge in [-0.3, -0.25) is 0 Å². The summed E-state index contributed by atoms with van der Waals surface area (Å²) >= 11 is 0. The molecular weight excluding hydrogens is 328 g/mol. The SMILES string of the molecule is Cc1ccc(-c2ccc(-c3ccc(C)c(C(F)(F)F)c3F)cc2)cc1. The van der Waals surface area contributed by atoms with E-state index < -0.39 is 17.6 Å². The molecule has 0 aliphatic heterocycles. The Morgan fingerprint density at radius 3 is 1.64 bits per heavy atom. The zero-order valence-corrected chi connectivity index (χ0v) is 13.8. The van der Waals surface area contributed by atoms with Crippen LogP contribution < -0.4 is 0 Å². The molecule has 0 N–H and O–H groups in total. The molecule has 0 radical (unpaired) electrons. The lowest BCUT2D eigenvalue weighted by Gasteiger charge is -2.14. The summed E-state index contributed by atoms with van der Waals surface area (Å²) in [4.78, 5) is 0. The van der Waals surface area contributed by atoms with Crippen LogP contribution in [-0.2, 0) is 6.18 Å². The summed E-state index contributed by atoms with van der Waals surface area (Å²) in [5, 5.41) is 0. The number of hydrogen-bond acceptors (Lipinski definition) is 0. The molecule has 0 spiro atoms. The summed E-state index contributed by atoms with van der Waals surface area (Å²) < 4.78 is 53.7. The molecule has 4 heteroatoms. The topological polar surface area (TPSA) is 0 Å². The van der Waals surface area contributed by atoms with Crippen molar-refractivity contribution in [2.75, 3.05) is 0 Å². The lowest BCUT2D eigenvalue weighted by molar-refractivity contribution is -0.140. The molecule has 128 valence electrons. The molecule has 0 amide bonds. The predicted molar refractivity (Wildman–Crippen MR) is 91.7 cm³/mol. The average molecular weight is 344 g/mol. The summed E-state index contributed by atoms with van der Waals surface area (Å²) in [5.41, 5.74) is 2.11. The minimum atomic E-state index is -4.72. The largest absolute Gasteiger partial charge is 0.419 e. The molecule has 3 aromatic rings. The zero-order chi connectivity index (χ0) is 18.2.